The molecule has 3 nitrogen and oxygen atoms in total. The fraction of sp³-hybridized carbons (Fsp3) is 0.455. The molecule has 15 heavy (non-hydrogen) atoms. The van der Waals surface area contributed by atoms with Crippen LogP contribution in [0.15, 0.2) is 18.2 Å². The molecule has 0 amide bonds. The second-order valence-corrected chi connectivity index (χ2v) is 4.49. The SMILES string of the molecule is O[C@@H]1CO[C@@H]2C[C@H]1Nc1c(Cl)cccc12. The Bertz CT molecular complexity index is 396. The van der Waals surface area contributed by atoms with Crippen LogP contribution in [-0.2, 0) is 4.74 Å². The van der Waals surface area contributed by atoms with Crippen molar-refractivity contribution in [1.82, 2.24) is 0 Å². The highest BCUT2D eigenvalue weighted by Gasteiger charge is 2.36. The first-order valence-electron chi connectivity index (χ1n) is 5.10. The minimum absolute atomic E-state index is 0.0659. The van der Waals surface area contributed by atoms with E-state index in [4.69, 9.17) is 16.3 Å². The van der Waals surface area contributed by atoms with Gasteiger partial charge in [-0.2, -0.15) is 0 Å². The lowest BCUT2D eigenvalue weighted by atomic mass is 9.90. The molecule has 1 aromatic rings. The zero-order valence-electron chi connectivity index (χ0n) is 8.11. The van der Waals surface area contributed by atoms with Crippen molar-refractivity contribution < 1.29 is 9.84 Å². The zero-order chi connectivity index (χ0) is 10.4. The summed E-state index contributed by atoms with van der Waals surface area (Å²) in [7, 11) is 0. The Kier molecular flexibility index (Phi) is 2.12. The van der Waals surface area contributed by atoms with Gasteiger partial charge in [-0.05, 0) is 6.07 Å². The first kappa shape index (κ1) is 9.46. The molecule has 3 rings (SSSR count). The molecular weight excluding hydrogens is 214 g/mol. The average molecular weight is 226 g/mol. The summed E-state index contributed by atoms with van der Waals surface area (Å²) in [4.78, 5) is 0. The van der Waals surface area contributed by atoms with Crippen molar-refractivity contribution in [2.45, 2.75) is 24.7 Å². The van der Waals surface area contributed by atoms with Crippen molar-refractivity contribution in [1.29, 1.82) is 0 Å². The van der Waals surface area contributed by atoms with Crippen LogP contribution in [0.3, 0.4) is 0 Å². The summed E-state index contributed by atoms with van der Waals surface area (Å²) in [5, 5.41) is 13.7. The summed E-state index contributed by atoms with van der Waals surface area (Å²) >= 11 is 6.10. The number of anilines is 1. The second kappa shape index (κ2) is 3.37. The molecule has 2 N–H and O–H groups in total. The third-order valence-electron chi connectivity index (χ3n) is 3.12. The van der Waals surface area contributed by atoms with Gasteiger partial charge in [0.1, 0.15) is 0 Å². The van der Waals surface area contributed by atoms with Gasteiger partial charge in [-0.15, -0.1) is 0 Å². The normalized spacial score (nSPS) is 33.1. The van der Waals surface area contributed by atoms with Gasteiger partial charge in [-0.3, -0.25) is 0 Å². The van der Waals surface area contributed by atoms with Crippen LogP contribution in [0.5, 0.6) is 0 Å². The lowest BCUT2D eigenvalue weighted by Crippen LogP contribution is -2.46. The van der Waals surface area contributed by atoms with Crippen LogP contribution in [0.2, 0.25) is 5.02 Å². The molecule has 1 fully saturated rings. The quantitative estimate of drug-likeness (QED) is 0.709. The molecule has 3 atom stereocenters. The van der Waals surface area contributed by atoms with Crippen molar-refractivity contribution in [3.05, 3.63) is 28.8 Å². The van der Waals surface area contributed by atoms with Gasteiger partial charge in [0.2, 0.25) is 0 Å². The molecule has 0 saturated carbocycles. The van der Waals surface area contributed by atoms with Crippen LogP contribution in [0.4, 0.5) is 5.69 Å². The predicted octanol–water partition coefficient (Wildman–Crippen LogP) is 1.96. The Labute approximate surface area is 93.0 Å². The molecular formula is C11H12ClNO2. The summed E-state index contributed by atoms with van der Waals surface area (Å²) in [6.07, 6.45) is 0.452. The van der Waals surface area contributed by atoms with E-state index >= 15 is 0 Å². The molecule has 0 unspecified atom stereocenters. The van der Waals surface area contributed by atoms with Crippen LogP contribution >= 0.6 is 11.6 Å². The summed E-state index contributed by atoms with van der Waals surface area (Å²) in [6.45, 7) is 0.397. The van der Waals surface area contributed by atoms with Gasteiger partial charge >= 0.3 is 0 Å². The Morgan fingerprint density at radius 2 is 2.33 bits per heavy atom. The summed E-state index contributed by atoms with van der Waals surface area (Å²) in [5.74, 6) is 0. The highest BCUT2D eigenvalue weighted by atomic mass is 35.5. The molecule has 0 spiro atoms. The van der Waals surface area contributed by atoms with E-state index in [0.717, 1.165) is 17.7 Å². The number of ether oxygens (including phenoxy) is 1. The number of fused-ring (bicyclic) bond motifs is 4. The van der Waals surface area contributed by atoms with Crippen molar-refractivity contribution in [2.24, 2.45) is 0 Å². The topological polar surface area (TPSA) is 41.5 Å². The van der Waals surface area contributed by atoms with E-state index in [9.17, 15) is 5.11 Å². The predicted molar refractivity (Wildman–Crippen MR) is 58.2 cm³/mol. The molecule has 0 radical (unpaired) electrons. The van der Waals surface area contributed by atoms with E-state index in [1.165, 1.54) is 0 Å². The van der Waals surface area contributed by atoms with E-state index in [-0.39, 0.29) is 12.1 Å². The first-order valence-corrected chi connectivity index (χ1v) is 5.48. The van der Waals surface area contributed by atoms with Crippen molar-refractivity contribution in [2.75, 3.05) is 11.9 Å². The molecule has 4 heteroatoms. The molecule has 2 heterocycles. The lowest BCUT2D eigenvalue weighted by Gasteiger charge is -2.40. The van der Waals surface area contributed by atoms with Crippen LogP contribution < -0.4 is 5.32 Å². The maximum absolute atomic E-state index is 9.71. The number of para-hydroxylation sites is 1. The maximum atomic E-state index is 9.71. The molecule has 0 aromatic heterocycles. The standard InChI is InChI=1S/C11H12ClNO2/c12-7-3-1-2-6-10-4-8(13-11(6)7)9(14)5-15-10/h1-3,8-10,13-14H,4-5H2/t8-,9-,10-/m1/s1. The van der Waals surface area contributed by atoms with E-state index in [0.29, 0.717) is 11.6 Å². The lowest BCUT2D eigenvalue weighted by molar-refractivity contribution is -0.0672. The molecule has 0 aliphatic carbocycles. The monoisotopic (exact) mass is 225 g/mol. The molecule has 80 valence electrons. The van der Waals surface area contributed by atoms with Crippen LogP contribution in [0.25, 0.3) is 0 Å². The van der Waals surface area contributed by atoms with E-state index in [2.05, 4.69) is 5.32 Å². The summed E-state index contributed by atoms with van der Waals surface area (Å²) in [5.41, 5.74) is 2.02. The number of aliphatic hydroxyl groups excluding tert-OH is 1. The third kappa shape index (κ3) is 1.42. The average Bonchev–Trinajstić information content (AvgIpc) is 2.25. The summed E-state index contributed by atoms with van der Waals surface area (Å²) in [6, 6.07) is 5.86. The second-order valence-electron chi connectivity index (χ2n) is 4.08. The Morgan fingerprint density at radius 3 is 3.20 bits per heavy atom. The largest absolute Gasteiger partial charge is 0.389 e. The minimum atomic E-state index is -0.439. The third-order valence-corrected chi connectivity index (χ3v) is 3.44. The van der Waals surface area contributed by atoms with Crippen LogP contribution in [-0.4, -0.2) is 23.9 Å². The smallest absolute Gasteiger partial charge is 0.0975 e. The molecule has 1 aromatic carbocycles. The van der Waals surface area contributed by atoms with Gasteiger partial charge in [0.05, 0.1) is 35.6 Å². The number of hydrogen-bond acceptors (Lipinski definition) is 3. The minimum Gasteiger partial charge on any atom is -0.389 e. The van der Waals surface area contributed by atoms with E-state index in [1.807, 2.05) is 18.2 Å². The summed E-state index contributed by atoms with van der Waals surface area (Å²) < 4.78 is 5.59. The number of benzene rings is 1. The van der Waals surface area contributed by atoms with Gasteiger partial charge in [0, 0.05) is 12.0 Å². The highest BCUT2D eigenvalue weighted by Crippen LogP contribution is 2.42. The van der Waals surface area contributed by atoms with Crippen molar-refractivity contribution in [3.8, 4) is 0 Å². The van der Waals surface area contributed by atoms with E-state index < -0.39 is 6.10 Å². The van der Waals surface area contributed by atoms with Crippen molar-refractivity contribution >= 4 is 17.3 Å². The molecule has 2 bridgehead atoms. The van der Waals surface area contributed by atoms with E-state index in [1.54, 1.807) is 0 Å². The van der Waals surface area contributed by atoms with Gasteiger partial charge in [0.25, 0.3) is 0 Å². The Balaban J connectivity index is 2.07. The Hall–Kier alpha value is -0.770. The number of halogens is 1. The highest BCUT2D eigenvalue weighted by molar-refractivity contribution is 6.33. The number of rotatable bonds is 0. The first-order chi connectivity index (χ1) is 7.25. The number of nitrogens with one attached hydrogen (secondary N) is 1. The fourth-order valence-electron chi connectivity index (χ4n) is 2.31. The van der Waals surface area contributed by atoms with Crippen molar-refractivity contribution in [3.63, 3.8) is 0 Å². The zero-order valence-corrected chi connectivity index (χ0v) is 8.87. The maximum Gasteiger partial charge on any atom is 0.0975 e. The Morgan fingerprint density at radius 1 is 1.47 bits per heavy atom. The van der Waals surface area contributed by atoms with Gasteiger partial charge in [-0.25, -0.2) is 0 Å². The number of hydrogen-bond donors (Lipinski definition) is 2. The van der Waals surface area contributed by atoms with Crippen LogP contribution in [0, 0.1) is 0 Å². The molecule has 2 aliphatic rings. The van der Waals surface area contributed by atoms with Gasteiger partial charge in [0.15, 0.2) is 0 Å². The molecule has 1 saturated heterocycles. The number of aliphatic hydroxyl groups is 1. The fourth-order valence-corrected chi connectivity index (χ4v) is 2.54. The van der Waals surface area contributed by atoms with Crippen LogP contribution in [0.1, 0.15) is 18.1 Å². The van der Waals surface area contributed by atoms with Gasteiger partial charge < -0.3 is 15.2 Å². The molecule has 2 aliphatic heterocycles. The van der Waals surface area contributed by atoms with Gasteiger partial charge in [-0.1, -0.05) is 23.7 Å².